The number of nitrogens with two attached hydrogens (primary N) is 2. The Morgan fingerprint density at radius 2 is 1.95 bits per heavy atom. The second-order valence-corrected chi connectivity index (χ2v) is 4.45. The summed E-state index contributed by atoms with van der Waals surface area (Å²) >= 11 is 0. The van der Waals surface area contributed by atoms with Gasteiger partial charge in [0.1, 0.15) is 0 Å². The quantitative estimate of drug-likeness (QED) is 0.492. The van der Waals surface area contributed by atoms with Crippen LogP contribution in [0.1, 0.15) is 27.2 Å². The number of nitrogens with one attached hydrogen (secondary N) is 1. The van der Waals surface area contributed by atoms with Crippen LogP contribution in [0.25, 0.3) is 0 Å². The Labute approximate surface area is 122 Å². The summed E-state index contributed by atoms with van der Waals surface area (Å²) in [5.41, 5.74) is 14.8. The van der Waals surface area contributed by atoms with Gasteiger partial charge in [0.15, 0.2) is 0 Å². The molecule has 0 rings (SSSR count). The third-order valence-corrected chi connectivity index (χ3v) is 3.17. The first-order valence-corrected chi connectivity index (χ1v) is 6.74. The van der Waals surface area contributed by atoms with Gasteiger partial charge in [0.25, 0.3) is 0 Å². The van der Waals surface area contributed by atoms with Crippen molar-refractivity contribution in [2.24, 2.45) is 22.4 Å². The van der Waals surface area contributed by atoms with Crippen LogP contribution < -0.4 is 11.5 Å². The van der Waals surface area contributed by atoms with Gasteiger partial charge in [-0.2, -0.15) is 0 Å². The third kappa shape index (κ3) is 5.26. The Kier molecular flexibility index (Phi) is 8.75. The molecule has 4 heteroatoms. The summed E-state index contributed by atoms with van der Waals surface area (Å²) in [7, 11) is 1.71. The van der Waals surface area contributed by atoms with Crippen molar-refractivity contribution < 1.29 is 0 Å². The molecule has 0 radical (unpaired) electrons. The van der Waals surface area contributed by atoms with Crippen LogP contribution in [-0.2, 0) is 0 Å². The van der Waals surface area contributed by atoms with Crippen molar-refractivity contribution in [1.82, 2.24) is 0 Å². The summed E-state index contributed by atoms with van der Waals surface area (Å²) in [5.74, 6) is 0.302. The largest absolute Gasteiger partial charge is 0.404 e. The summed E-state index contributed by atoms with van der Waals surface area (Å²) in [5, 5.41) is 7.32. The zero-order chi connectivity index (χ0) is 15.5. The first kappa shape index (κ1) is 17.9. The van der Waals surface area contributed by atoms with Crippen molar-refractivity contribution in [3.8, 4) is 0 Å². The molecule has 0 aromatic heterocycles. The van der Waals surface area contributed by atoms with E-state index in [1.165, 1.54) is 12.4 Å². The van der Waals surface area contributed by atoms with E-state index in [4.69, 9.17) is 16.9 Å². The number of allylic oxidation sites excluding steroid dienone is 7. The molecule has 0 amide bonds. The van der Waals surface area contributed by atoms with Gasteiger partial charge in [-0.05, 0) is 30.4 Å². The molecule has 0 heterocycles. The van der Waals surface area contributed by atoms with Crippen LogP contribution >= 0.6 is 0 Å². The van der Waals surface area contributed by atoms with Crippen molar-refractivity contribution >= 4 is 12.4 Å². The van der Waals surface area contributed by atoms with Crippen molar-refractivity contribution in [2.45, 2.75) is 27.2 Å². The molecule has 0 aromatic carbocycles. The predicted octanol–water partition coefficient (Wildman–Crippen LogP) is 2.94. The minimum atomic E-state index is 0.302. The number of aliphatic imine (C=N–C) groups is 1. The van der Waals surface area contributed by atoms with Gasteiger partial charge >= 0.3 is 0 Å². The highest BCUT2D eigenvalue weighted by Gasteiger charge is 2.07. The highest BCUT2D eigenvalue weighted by Crippen LogP contribution is 2.19. The van der Waals surface area contributed by atoms with Crippen LogP contribution in [0.3, 0.4) is 0 Å². The summed E-state index contributed by atoms with van der Waals surface area (Å²) in [4.78, 5) is 3.98. The molecule has 0 aliphatic rings. The maximum absolute atomic E-state index is 7.32. The molecule has 1 unspecified atom stereocenters. The van der Waals surface area contributed by atoms with Crippen LogP contribution in [-0.4, -0.2) is 19.5 Å². The summed E-state index contributed by atoms with van der Waals surface area (Å²) in [6.45, 7) is 6.14. The molecule has 0 fully saturated rings. The lowest BCUT2D eigenvalue weighted by Crippen LogP contribution is -2.08. The van der Waals surface area contributed by atoms with E-state index in [0.717, 1.165) is 23.1 Å². The van der Waals surface area contributed by atoms with Crippen LogP contribution in [0, 0.1) is 11.3 Å². The Bertz CT molecular complexity index is 465. The molecule has 0 saturated heterocycles. The second-order valence-electron chi connectivity index (χ2n) is 4.45. The van der Waals surface area contributed by atoms with Gasteiger partial charge in [0.05, 0.1) is 5.70 Å². The van der Waals surface area contributed by atoms with E-state index in [2.05, 4.69) is 18.8 Å². The van der Waals surface area contributed by atoms with Gasteiger partial charge in [-0.1, -0.05) is 32.1 Å². The molecule has 0 aliphatic heterocycles. The van der Waals surface area contributed by atoms with Crippen LogP contribution in [0.15, 0.2) is 51.8 Å². The minimum Gasteiger partial charge on any atom is -0.404 e. The summed E-state index contributed by atoms with van der Waals surface area (Å²) < 4.78 is 0. The Hall–Kier alpha value is -2.10. The fourth-order valence-electron chi connectivity index (χ4n) is 1.74. The van der Waals surface area contributed by atoms with E-state index in [1.54, 1.807) is 13.3 Å². The number of nitrogens with zero attached hydrogens (tertiary/aromatic N) is 1. The van der Waals surface area contributed by atoms with Crippen LogP contribution in [0.5, 0.6) is 0 Å². The molecule has 5 N–H and O–H groups in total. The van der Waals surface area contributed by atoms with Crippen molar-refractivity contribution in [1.29, 1.82) is 5.41 Å². The molecule has 0 spiro atoms. The lowest BCUT2D eigenvalue weighted by atomic mass is 9.95. The SMILES string of the molecule is C/C=C(\C=C/C(=C(/N)C=N)C(C)CC)C(/C=NC)=C/N. The fourth-order valence-corrected chi connectivity index (χ4v) is 1.74. The summed E-state index contributed by atoms with van der Waals surface area (Å²) in [6, 6.07) is 0. The Balaban J connectivity index is 5.47. The van der Waals surface area contributed by atoms with E-state index in [0.29, 0.717) is 11.6 Å². The molecule has 4 nitrogen and oxygen atoms in total. The molecule has 0 aliphatic carbocycles. The molecule has 20 heavy (non-hydrogen) atoms. The van der Waals surface area contributed by atoms with E-state index < -0.39 is 0 Å². The average Bonchev–Trinajstić information content (AvgIpc) is 2.48. The Morgan fingerprint density at radius 1 is 1.30 bits per heavy atom. The maximum Gasteiger partial charge on any atom is 0.0528 e. The van der Waals surface area contributed by atoms with Crippen molar-refractivity contribution in [3.63, 3.8) is 0 Å². The smallest absolute Gasteiger partial charge is 0.0528 e. The van der Waals surface area contributed by atoms with E-state index >= 15 is 0 Å². The number of hydrogen-bond acceptors (Lipinski definition) is 4. The van der Waals surface area contributed by atoms with Crippen molar-refractivity contribution in [3.05, 3.63) is 46.8 Å². The van der Waals surface area contributed by atoms with Crippen molar-refractivity contribution in [2.75, 3.05) is 7.05 Å². The zero-order valence-corrected chi connectivity index (χ0v) is 12.9. The molecular weight excluding hydrogens is 248 g/mol. The predicted molar refractivity (Wildman–Crippen MR) is 89.0 cm³/mol. The fraction of sp³-hybridized carbons (Fsp3) is 0.375. The molecular formula is C16H26N4. The highest BCUT2D eigenvalue weighted by molar-refractivity contribution is 5.85. The molecule has 0 bridgehead atoms. The second kappa shape index (κ2) is 9.78. The van der Waals surface area contributed by atoms with E-state index in [9.17, 15) is 0 Å². The standard InChI is InChI=1S/C16H26N4/c1-5-12(3)15(16(19)10-18)8-7-13(6-2)14(9-17)11-20-4/h6-12,18H,5,17,19H2,1-4H3/b8-7-,13-6+,14-9+,16-15-,18-10?,20-11?. The normalized spacial score (nSPS) is 16.6. The van der Waals surface area contributed by atoms with Gasteiger partial charge in [0.2, 0.25) is 0 Å². The average molecular weight is 274 g/mol. The summed E-state index contributed by atoms with van der Waals surface area (Å²) in [6.07, 6.45) is 11.3. The molecule has 1 atom stereocenters. The monoisotopic (exact) mass is 274 g/mol. The van der Waals surface area contributed by atoms with Crippen LogP contribution in [0.4, 0.5) is 0 Å². The van der Waals surface area contributed by atoms with Gasteiger partial charge < -0.3 is 16.9 Å². The van der Waals surface area contributed by atoms with Gasteiger partial charge in [-0.3, -0.25) is 4.99 Å². The maximum atomic E-state index is 7.32. The van der Waals surface area contributed by atoms with Gasteiger partial charge in [-0.15, -0.1) is 0 Å². The topological polar surface area (TPSA) is 88.2 Å². The molecule has 0 saturated carbocycles. The molecule has 110 valence electrons. The molecule has 0 aromatic rings. The zero-order valence-electron chi connectivity index (χ0n) is 12.9. The van der Waals surface area contributed by atoms with Gasteiger partial charge in [0, 0.05) is 31.2 Å². The first-order valence-electron chi connectivity index (χ1n) is 6.74. The van der Waals surface area contributed by atoms with Crippen LogP contribution in [0.2, 0.25) is 0 Å². The first-order chi connectivity index (χ1) is 9.55. The number of rotatable bonds is 7. The Morgan fingerprint density at radius 3 is 2.35 bits per heavy atom. The van der Waals surface area contributed by atoms with E-state index in [-0.39, 0.29) is 0 Å². The third-order valence-electron chi connectivity index (χ3n) is 3.17. The minimum absolute atomic E-state index is 0.302. The lowest BCUT2D eigenvalue weighted by Gasteiger charge is -2.12. The number of hydrogen-bond donors (Lipinski definition) is 3. The van der Waals surface area contributed by atoms with E-state index in [1.807, 2.05) is 25.2 Å². The lowest BCUT2D eigenvalue weighted by molar-refractivity contribution is 0.666. The highest BCUT2D eigenvalue weighted by atomic mass is 14.6. The van der Waals surface area contributed by atoms with Gasteiger partial charge in [-0.25, -0.2) is 0 Å².